The van der Waals surface area contributed by atoms with Crippen molar-refractivity contribution in [3.05, 3.63) is 0 Å². The molecule has 0 bridgehead atoms. The summed E-state index contributed by atoms with van der Waals surface area (Å²) < 4.78 is 0. The predicted molar refractivity (Wildman–Crippen MR) is 38.0 cm³/mol. The lowest BCUT2D eigenvalue weighted by Crippen LogP contribution is -2.21. The number of nitrogens with two attached hydrogens (primary N) is 1. The van der Waals surface area contributed by atoms with Gasteiger partial charge in [0, 0.05) is 6.04 Å². The monoisotopic (exact) mass is 125 g/mol. The number of fused-ring (bicyclic) bond motifs is 1. The molecule has 0 aromatic heterocycles. The average Bonchev–Trinajstić information content (AvgIpc) is 2.55. The van der Waals surface area contributed by atoms with Gasteiger partial charge in [0.25, 0.3) is 0 Å². The summed E-state index contributed by atoms with van der Waals surface area (Å²) in [7, 11) is 0. The SMILES string of the molecule is N[C@H]1CCCC[C@H]2C[C@H]21. The summed E-state index contributed by atoms with van der Waals surface area (Å²) in [6.45, 7) is 0. The standard InChI is InChI=1S/C8H15N/c9-8-4-2-1-3-6-5-7(6)8/h6-8H,1-5,9H2/t6-,7+,8-/m0/s1. The number of hydrogen-bond acceptors (Lipinski definition) is 1. The summed E-state index contributed by atoms with van der Waals surface area (Å²) in [5, 5.41) is 0. The molecule has 3 atom stereocenters. The quantitative estimate of drug-likeness (QED) is 0.522. The predicted octanol–water partition coefficient (Wildman–Crippen LogP) is 1.52. The summed E-state index contributed by atoms with van der Waals surface area (Å²) in [6.07, 6.45) is 7.03. The Morgan fingerprint density at radius 2 is 1.89 bits per heavy atom. The molecule has 2 aliphatic rings. The molecule has 2 fully saturated rings. The Balaban J connectivity index is 1.96. The molecule has 0 spiro atoms. The van der Waals surface area contributed by atoms with Gasteiger partial charge >= 0.3 is 0 Å². The van der Waals surface area contributed by atoms with E-state index in [4.69, 9.17) is 5.73 Å². The molecule has 0 aliphatic heterocycles. The highest BCUT2D eigenvalue weighted by Crippen LogP contribution is 2.47. The minimum absolute atomic E-state index is 0.567. The maximum atomic E-state index is 5.92. The topological polar surface area (TPSA) is 26.0 Å². The third-order valence-electron chi connectivity index (χ3n) is 2.89. The summed E-state index contributed by atoms with van der Waals surface area (Å²) in [4.78, 5) is 0. The van der Waals surface area contributed by atoms with Crippen LogP contribution in [0.4, 0.5) is 0 Å². The first-order valence-electron chi connectivity index (χ1n) is 4.13. The van der Waals surface area contributed by atoms with E-state index in [1.807, 2.05) is 0 Å². The normalized spacial score (nSPS) is 49.7. The van der Waals surface area contributed by atoms with E-state index in [2.05, 4.69) is 0 Å². The van der Waals surface area contributed by atoms with Crippen LogP contribution >= 0.6 is 0 Å². The Labute approximate surface area is 56.6 Å². The lowest BCUT2D eigenvalue weighted by molar-refractivity contribution is 0.541. The van der Waals surface area contributed by atoms with Gasteiger partial charge in [-0.05, 0) is 24.7 Å². The van der Waals surface area contributed by atoms with Crippen molar-refractivity contribution in [2.75, 3.05) is 0 Å². The van der Waals surface area contributed by atoms with E-state index in [9.17, 15) is 0 Å². The summed E-state index contributed by atoms with van der Waals surface area (Å²) >= 11 is 0. The molecule has 0 aromatic carbocycles. The largest absolute Gasteiger partial charge is 0.327 e. The zero-order valence-electron chi connectivity index (χ0n) is 5.84. The molecule has 0 unspecified atom stereocenters. The summed E-state index contributed by atoms with van der Waals surface area (Å²) in [5.74, 6) is 1.98. The molecule has 0 radical (unpaired) electrons. The first-order chi connectivity index (χ1) is 4.38. The van der Waals surface area contributed by atoms with Crippen LogP contribution in [-0.2, 0) is 0 Å². The second-order valence-electron chi connectivity index (χ2n) is 3.61. The van der Waals surface area contributed by atoms with Crippen LogP contribution in [0.25, 0.3) is 0 Å². The molecule has 52 valence electrons. The smallest absolute Gasteiger partial charge is 0.00699 e. The fourth-order valence-corrected chi connectivity index (χ4v) is 2.13. The zero-order chi connectivity index (χ0) is 6.27. The Hall–Kier alpha value is -0.0400. The van der Waals surface area contributed by atoms with Crippen LogP contribution in [0.2, 0.25) is 0 Å². The van der Waals surface area contributed by atoms with Crippen molar-refractivity contribution in [2.45, 2.75) is 38.1 Å². The van der Waals surface area contributed by atoms with Crippen LogP contribution in [0, 0.1) is 11.8 Å². The molecule has 0 amide bonds. The van der Waals surface area contributed by atoms with E-state index >= 15 is 0 Å². The van der Waals surface area contributed by atoms with E-state index in [1.54, 1.807) is 0 Å². The molecule has 9 heavy (non-hydrogen) atoms. The fourth-order valence-electron chi connectivity index (χ4n) is 2.13. The van der Waals surface area contributed by atoms with Crippen LogP contribution in [0.15, 0.2) is 0 Å². The van der Waals surface area contributed by atoms with Gasteiger partial charge in [-0.25, -0.2) is 0 Å². The summed E-state index contributed by atoms with van der Waals surface area (Å²) in [6, 6.07) is 0.567. The van der Waals surface area contributed by atoms with Gasteiger partial charge in [0.1, 0.15) is 0 Å². The van der Waals surface area contributed by atoms with Gasteiger partial charge in [-0.15, -0.1) is 0 Å². The molecule has 2 N–H and O–H groups in total. The Morgan fingerprint density at radius 1 is 1.11 bits per heavy atom. The lowest BCUT2D eigenvalue weighted by Gasteiger charge is -2.05. The van der Waals surface area contributed by atoms with Gasteiger partial charge in [-0.1, -0.05) is 19.3 Å². The van der Waals surface area contributed by atoms with E-state index in [1.165, 1.54) is 32.1 Å². The van der Waals surface area contributed by atoms with Crippen LogP contribution in [0.5, 0.6) is 0 Å². The van der Waals surface area contributed by atoms with Gasteiger partial charge in [0.05, 0.1) is 0 Å². The molecule has 2 saturated carbocycles. The lowest BCUT2D eigenvalue weighted by atomic mass is 10.1. The van der Waals surface area contributed by atoms with E-state index < -0.39 is 0 Å². The van der Waals surface area contributed by atoms with Crippen LogP contribution in [-0.4, -0.2) is 6.04 Å². The molecule has 1 nitrogen and oxygen atoms in total. The van der Waals surface area contributed by atoms with Gasteiger partial charge in [0.15, 0.2) is 0 Å². The Morgan fingerprint density at radius 3 is 2.78 bits per heavy atom. The third-order valence-corrected chi connectivity index (χ3v) is 2.89. The molecular weight excluding hydrogens is 110 g/mol. The molecular formula is C8H15N. The van der Waals surface area contributed by atoms with Crippen molar-refractivity contribution < 1.29 is 0 Å². The highest BCUT2D eigenvalue weighted by molar-refractivity contribution is 4.94. The first-order valence-corrected chi connectivity index (χ1v) is 4.13. The van der Waals surface area contributed by atoms with Gasteiger partial charge in [-0.3, -0.25) is 0 Å². The molecule has 0 saturated heterocycles. The van der Waals surface area contributed by atoms with Crippen LogP contribution in [0.3, 0.4) is 0 Å². The molecule has 2 aliphatic carbocycles. The second kappa shape index (κ2) is 1.98. The maximum Gasteiger partial charge on any atom is 0.00699 e. The molecule has 0 heterocycles. The van der Waals surface area contributed by atoms with Crippen molar-refractivity contribution in [1.82, 2.24) is 0 Å². The Bertz CT molecular complexity index is 111. The number of rotatable bonds is 0. The highest BCUT2D eigenvalue weighted by Gasteiger charge is 2.41. The number of hydrogen-bond donors (Lipinski definition) is 1. The third kappa shape index (κ3) is 0.983. The molecule has 1 heteroatoms. The Kier molecular flexibility index (Phi) is 1.26. The van der Waals surface area contributed by atoms with Crippen molar-refractivity contribution >= 4 is 0 Å². The van der Waals surface area contributed by atoms with E-state index in [0.29, 0.717) is 6.04 Å². The minimum atomic E-state index is 0.567. The fraction of sp³-hybridized carbons (Fsp3) is 1.00. The van der Waals surface area contributed by atoms with Crippen molar-refractivity contribution in [1.29, 1.82) is 0 Å². The van der Waals surface area contributed by atoms with E-state index in [-0.39, 0.29) is 0 Å². The highest BCUT2D eigenvalue weighted by atomic mass is 14.7. The van der Waals surface area contributed by atoms with E-state index in [0.717, 1.165) is 11.8 Å². The summed E-state index contributed by atoms with van der Waals surface area (Å²) in [5.41, 5.74) is 5.92. The average molecular weight is 125 g/mol. The van der Waals surface area contributed by atoms with Crippen molar-refractivity contribution in [3.63, 3.8) is 0 Å². The maximum absolute atomic E-state index is 5.92. The van der Waals surface area contributed by atoms with Crippen LogP contribution < -0.4 is 5.73 Å². The zero-order valence-corrected chi connectivity index (χ0v) is 5.84. The second-order valence-corrected chi connectivity index (χ2v) is 3.61. The molecule has 2 rings (SSSR count). The minimum Gasteiger partial charge on any atom is -0.327 e. The van der Waals surface area contributed by atoms with Gasteiger partial charge < -0.3 is 5.73 Å². The van der Waals surface area contributed by atoms with Gasteiger partial charge in [-0.2, -0.15) is 0 Å². The molecule has 0 aromatic rings. The van der Waals surface area contributed by atoms with Gasteiger partial charge in [0.2, 0.25) is 0 Å². The van der Waals surface area contributed by atoms with Crippen molar-refractivity contribution in [3.8, 4) is 0 Å². The first kappa shape index (κ1) is 5.72. The van der Waals surface area contributed by atoms with Crippen molar-refractivity contribution in [2.24, 2.45) is 17.6 Å². The van der Waals surface area contributed by atoms with Crippen LogP contribution in [0.1, 0.15) is 32.1 Å².